The van der Waals surface area contributed by atoms with E-state index >= 15 is 0 Å². The first-order valence-corrected chi connectivity index (χ1v) is 5.93. The predicted molar refractivity (Wildman–Crippen MR) is 71.7 cm³/mol. The molecule has 2 aromatic rings. The van der Waals surface area contributed by atoms with Gasteiger partial charge in [-0.2, -0.15) is 0 Å². The van der Waals surface area contributed by atoms with E-state index < -0.39 is 0 Å². The Hall–Kier alpha value is -1.64. The fraction of sp³-hybridized carbons (Fsp3) is 0. The van der Waals surface area contributed by atoms with Crippen LogP contribution in [0, 0.1) is 0 Å². The number of rotatable bonds is 3. The maximum absolute atomic E-state index is 12.2. The first-order valence-electron chi connectivity index (χ1n) is 5.17. The number of ketones is 1. The van der Waals surface area contributed by atoms with E-state index in [2.05, 4.69) is 0 Å². The summed E-state index contributed by atoms with van der Waals surface area (Å²) in [5, 5.41) is 0.640. The molecule has 0 spiro atoms. The van der Waals surface area contributed by atoms with Crippen LogP contribution in [0.3, 0.4) is 0 Å². The van der Waals surface area contributed by atoms with Crippen molar-refractivity contribution in [3.63, 3.8) is 0 Å². The quantitative estimate of drug-likeness (QED) is 0.627. The van der Waals surface area contributed by atoms with Gasteiger partial charge >= 0.3 is 0 Å². The predicted octanol–water partition coefficient (Wildman–Crippen LogP) is 4.04. The van der Waals surface area contributed by atoms with E-state index in [0.717, 1.165) is 0 Å². The summed E-state index contributed by atoms with van der Waals surface area (Å²) in [6.45, 7) is 0. The molecule has 0 aliphatic heterocycles. The largest absolute Gasteiger partial charge is 0.298 e. The Kier molecular flexibility index (Phi) is 3.80. The van der Waals surface area contributed by atoms with Crippen LogP contribution in [0.15, 0.2) is 42.5 Å². The van der Waals surface area contributed by atoms with E-state index in [4.69, 9.17) is 23.2 Å². The van der Waals surface area contributed by atoms with E-state index in [1.54, 1.807) is 30.3 Å². The highest BCUT2D eigenvalue weighted by Gasteiger charge is 2.13. The van der Waals surface area contributed by atoms with Gasteiger partial charge in [0.25, 0.3) is 0 Å². The number of benzene rings is 2. The zero-order valence-electron chi connectivity index (χ0n) is 9.19. The van der Waals surface area contributed by atoms with Crippen molar-refractivity contribution in [1.82, 2.24) is 0 Å². The van der Waals surface area contributed by atoms with Crippen LogP contribution in [-0.4, -0.2) is 12.1 Å². The van der Waals surface area contributed by atoms with Crippen LogP contribution in [0.2, 0.25) is 10.0 Å². The number of hydrogen-bond donors (Lipinski definition) is 0. The number of carbonyl (C=O) groups excluding carboxylic acids is 2. The van der Waals surface area contributed by atoms with Crippen molar-refractivity contribution in [2.24, 2.45) is 0 Å². The number of carbonyl (C=O) groups is 2. The summed E-state index contributed by atoms with van der Waals surface area (Å²) in [5.74, 6) is -0.222. The molecule has 2 aromatic carbocycles. The molecule has 0 N–H and O–H groups in total. The summed E-state index contributed by atoms with van der Waals surface area (Å²) in [6.07, 6.45) is 0.645. The number of hydrogen-bond acceptors (Lipinski definition) is 2. The molecule has 0 bridgehead atoms. The number of halogens is 2. The Labute approximate surface area is 114 Å². The minimum atomic E-state index is -0.222. The lowest BCUT2D eigenvalue weighted by molar-refractivity contribution is 0.103. The average Bonchev–Trinajstić information content (AvgIpc) is 2.38. The van der Waals surface area contributed by atoms with Crippen molar-refractivity contribution in [2.75, 3.05) is 0 Å². The molecule has 0 aliphatic carbocycles. The second-order valence-electron chi connectivity index (χ2n) is 3.66. The maximum atomic E-state index is 12.2. The smallest absolute Gasteiger partial charge is 0.194 e. The van der Waals surface area contributed by atoms with Crippen LogP contribution in [0.4, 0.5) is 0 Å². The molecule has 0 amide bonds. The van der Waals surface area contributed by atoms with E-state index in [0.29, 0.717) is 28.0 Å². The first-order chi connectivity index (χ1) is 8.63. The van der Waals surface area contributed by atoms with Crippen molar-refractivity contribution in [1.29, 1.82) is 0 Å². The van der Waals surface area contributed by atoms with E-state index in [9.17, 15) is 9.59 Å². The van der Waals surface area contributed by atoms with Gasteiger partial charge in [-0.1, -0.05) is 41.4 Å². The Morgan fingerprint density at radius 3 is 2.33 bits per heavy atom. The maximum Gasteiger partial charge on any atom is 0.194 e. The Morgan fingerprint density at radius 1 is 1.00 bits per heavy atom. The Balaban J connectivity index is 2.44. The second-order valence-corrected chi connectivity index (χ2v) is 4.48. The van der Waals surface area contributed by atoms with Gasteiger partial charge in [0.05, 0.1) is 10.0 Å². The van der Waals surface area contributed by atoms with E-state index in [1.165, 1.54) is 12.1 Å². The van der Waals surface area contributed by atoms with E-state index in [-0.39, 0.29) is 10.8 Å². The fourth-order valence-corrected chi connectivity index (χ4v) is 2.01. The minimum Gasteiger partial charge on any atom is -0.298 e. The van der Waals surface area contributed by atoms with Gasteiger partial charge in [0.2, 0.25) is 0 Å². The van der Waals surface area contributed by atoms with Gasteiger partial charge in [-0.3, -0.25) is 9.59 Å². The lowest BCUT2D eigenvalue weighted by Gasteiger charge is -2.04. The third kappa shape index (κ3) is 2.45. The molecule has 4 heteroatoms. The second kappa shape index (κ2) is 5.34. The summed E-state index contributed by atoms with van der Waals surface area (Å²) in [7, 11) is 0. The van der Waals surface area contributed by atoms with E-state index in [1.807, 2.05) is 0 Å². The molecule has 90 valence electrons. The van der Waals surface area contributed by atoms with Crippen molar-refractivity contribution in [3.8, 4) is 0 Å². The molecule has 2 nitrogen and oxygen atoms in total. The van der Waals surface area contributed by atoms with Crippen molar-refractivity contribution in [2.45, 2.75) is 0 Å². The zero-order chi connectivity index (χ0) is 13.1. The highest BCUT2D eigenvalue weighted by Crippen LogP contribution is 2.22. The molecule has 0 fully saturated rings. The molecule has 0 radical (unpaired) electrons. The molecule has 0 atom stereocenters. The van der Waals surface area contributed by atoms with Gasteiger partial charge in [0.15, 0.2) is 12.1 Å². The average molecular weight is 279 g/mol. The van der Waals surface area contributed by atoms with Crippen molar-refractivity contribution >= 4 is 35.3 Å². The topological polar surface area (TPSA) is 34.1 Å². The summed E-state index contributed by atoms with van der Waals surface area (Å²) >= 11 is 11.8. The molecule has 18 heavy (non-hydrogen) atoms. The Morgan fingerprint density at radius 2 is 1.72 bits per heavy atom. The number of aldehydes is 1. The van der Waals surface area contributed by atoms with Gasteiger partial charge in [0, 0.05) is 16.7 Å². The summed E-state index contributed by atoms with van der Waals surface area (Å²) < 4.78 is 0. The van der Waals surface area contributed by atoms with Gasteiger partial charge in [-0.15, -0.1) is 0 Å². The first kappa shape index (κ1) is 12.8. The Bertz CT molecular complexity index is 621. The third-order valence-corrected chi connectivity index (χ3v) is 3.17. The molecule has 0 aromatic heterocycles. The molecule has 0 unspecified atom stereocenters. The molecule has 0 saturated heterocycles. The normalized spacial score (nSPS) is 10.1. The standard InChI is InChI=1S/C14H8Cl2O2/c15-12-4-2-1-3-11(12)14(18)9-5-6-10(8-17)13(16)7-9/h1-8H. The minimum absolute atomic E-state index is 0.222. The fourth-order valence-electron chi connectivity index (χ4n) is 1.56. The van der Waals surface area contributed by atoms with Gasteiger partial charge in [0.1, 0.15) is 0 Å². The van der Waals surface area contributed by atoms with Crippen molar-refractivity contribution < 1.29 is 9.59 Å². The molecule has 0 aliphatic rings. The SMILES string of the molecule is O=Cc1ccc(C(=O)c2ccccc2Cl)cc1Cl. The molecular weight excluding hydrogens is 271 g/mol. The highest BCUT2D eigenvalue weighted by atomic mass is 35.5. The van der Waals surface area contributed by atoms with Gasteiger partial charge < -0.3 is 0 Å². The van der Waals surface area contributed by atoms with Crippen LogP contribution in [0.5, 0.6) is 0 Å². The lowest BCUT2D eigenvalue weighted by atomic mass is 10.0. The van der Waals surface area contributed by atoms with Crippen molar-refractivity contribution in [3.05, 3.63) is 69.2 Å². The summed E-state index contributed by atoms with van der Waals surface area (Å²) in [5.41, 5.74) is 1.17. The van der Waals surface area contributed by atoms with Gasteiger partial charge in [-0.25, -0.2) is 0 Å². The summed E-state index contributed by atoms with van der Waals surface area (Å²) in [6, 6.07) is 11.3. The van der Waals surface area contributed by atoms with Crippen LogP contribution in [0.25, 0.3) is 0 Å². The zero-order valence-corrected chi connectivity index (χ0v) is 10.7. The highest BCUT2D eigenvalue weighted by molar-refractivity contribution is 6.36. The lowest BCUT2D eigenvalue weighted by Crippen LogP contribution is -2.02. The molecule has 0 saturated carbocycles. The summed E-state index contributed by atoms with van der Waals surface area (Å²) in [4.78, 5) is 22.8. The monoisotopic (exact) mass is 278 g/mol. The third-order valence-electron chi connectivity index (χ3n) is 2.51. The van der Waals surface area contributed by atoms with Gasteiger partial charge in [-0.05, 0) is 24.3 Å². The molecule has 0 heterocycles. The molecule has 2 rings (SSSR count). The van der Waals surface area contributed by atoms with Crippen LogP contribution >= 0.6 is 23.2 Å². The van der Waals surface area contributed by atoms with Crippen LogP contribution in [-0.2, 0) is 0 Å². The molecular formula is C14H8Cl2O2. The van der Waals surface area contributed by atoms with Crippen LogP contribution < -0.4 is 0 Å². The van der Waals surface area contributed by atoms with Crippen LogP contribution in [0.1, 0.15) is 26.3 Å².